The number of rotatable bonds is 2. The zero-order chi connectivity index (χ0) is 4.12. The molecule has 0 aromatic heterocycles. The van der Waals surface area contributed by atoms with Crippen LogP contribution in [-0.2, 0) is 0 Å². The van der Waals surface area contributed by atoms with Crippen LogP contribution in [0.15, 0.2) is 0 Å². The van der Waals surface area contributed by atoms with Gasteiger partial charge in [-0.2, -0.15) is 0 Å². The van der Waals surface area contributed by atoms with Gasteiger partial charge in [-0.15, -0.1) is 0 Å². The first kappa shape index (κ1) is 6.26. The lowest BCUT2D eigenvalue weighted by atomic mass is 11.0. The topological polar surface area (TPSA) is 0 Å². The van der Waals surface area contributed by atoms with Gasteiger partial charge in [0.25, 0.3) is 0 Å². The fraction of sp³-hybridized carbons (Fsp3) is 0.500. The molecule has 0 heterocycles. The minimum absolute atomic E-state index is 0.920. The van der Waals surface area contributed by atoms with Crippen LogP contribution < -0.4 is 0 Å². The summed E-state index contributed by atoms with van der Waals surface area (Å²) in [5, 5.41) is 0. The first-order valence-electron chi connectivity index (χ1n) is 1.21. The average Bonchev–Trinajstić information content (AvgIpc) is 1.41. The Morgan fingerprint density at radius 1 is 2.00 bits per heavy atom. The van der Waals surface area contributed by atoms with E-state index in [1.54, 1.807) is 9.82 Å². The summed E-state index contributed by atoms with van der Waals surface area (Å²) in [4.78, 5) is 0. The minimum atomic E-state index is 0.920. The summed E-state index contributed by atoms with van der Waals surface area (Å²) in [6.45, 7) is 3.64. The second kappa shape index (κ2) is 5.26. The lowest BCUT2D eigenvalue weighted by molar-refractivity contribution is 1.84. The van der Waals surface area contributed by atoms with Crippen molar-refractivity contribution in [3.05, 3.63) is 6.92 Å². The van der Waals surface area contributed by atoms with Crippen LogP contribution in [0.3, 0.4) is 0 Å². The van der Waals surface area contributed by atoms with Crippen molar-refractivity contribution in [3.8, 4) is 0 Å². The molecule has 0 saturated carbocycles. The van der Waals surface area contributed by atoms with Crippen molar-refractivity contribution in [2.75, 3.05) is 6.16 Å². The van der Waals surface area contributed by atoms with Crippen LogP contribution >= 0.6 is 32.4 Å². The van der Waals surface area contributed by atoms with Crippen LogP contribution in [0.1, 0.15) is 0 Å². The Morgan fingerprint density at radius 2 is 2.60 bits per heavy atom. The molecule has 31 valence electrons. The maximum Gasteiger partial charge on any atom is -0.00652 e. The van der Waals surface area contributed by atoms with E-state index in [0.29, 0.717) is 0 Å². The molecule has 0 bridgehead atoms. The Hall–Kier alpha value is 1.26. The largest absolute Gasteiger partial charge is 0.0597 e. The van der Waals surface area contributed by atoms with Crippen molar-refractivity contribution < 1.29 is 0 Å². The molecular formula is C2H5BrPS. The summed E-state index contributed by atoms with van der Waals surface area (Å²) in [6, 6.07) is 0. The third kappa shape index (κ3) is 5.26. The van der Waals surface area contributed by atoms with Crippen molar-refractivity contribution in [2.24, 2.45) is 0 Å². The van der Waals surface area contributed by atoms with Gasteiger partial charge in [0, 0.05) is 0 Å². The molecule has 0 spiro atoms. The molecule has 1 radical (unpaired) electrons. The summed E-state index contributed by atoms with van der Waals surface area (Å²) in [7, 11) is 2.60. The second-order valence-corrected chi connectivity index (χ2v) is 5.66. The van der Waals surface area contributed by atoms with E-state index in [9.17, 15) is 0 Å². The van der Waals surface area contributed by atoms with Crippen molar-refractivity contribution in [1.29, 1.82) is 0 Å². The second-order valence-electron chi connectivity index (χ2n) is 0.471. The molecule has 1 atom stereocenters. The average molecular weight is 172 g/mol. The molecule has 1 unspecified atom stereocenters. The number of hydrogen-bond donors (Lipinski definition) is 0. The molecule has 0 rings (SSSR count). The first-order valence-corrected chi connectivity index (χ1v) is 5.80. The van der Waals surface area contributed by atoms with Gasteiger partial charge in [-0.05, 0) is 35.7 Å². The van der Waals surface area contributed by atoms with Crippen LogP contribution in [0.25, 0.3) is 0 Å². The van der Waals surface area contributed by atoms with Gasteiger partial charge >= 0.3 is 0 Å². The van der Waals surface area contributed by atoms with Gasteiger partial charge in [0.15, 0.2) is 0 Å². The van der Waals surface area contributed by atoms with Crippen molar-refractivity contribution in [3.63, 3.8) is 0 Å². The molecule has 0 aliphatic rings. The molecule has 0 aromatic rings. The monoisotopic (exact) mass is 171 g/mol. The van der Waals surface area contributed by atoms with Crippen LogP contribution in [-0.4, -0.2) is 6.16 Å². The predicted octanol–water partition coefficient (Wildman–Crippen LogP) is 2.46. The Morgan fingerprint density at radius 3 is 2.60 bits per heavy atom. The minimum Gasteiger partial charge on any atom is -0.0597 e. The first-order chi connectivity index (χ1) is 2.41. The molecule has 3 heteroatoms. The van der Waals surface area contributed by atoms with E-state index in [2.05, 4.69) is 21.7 Å². The molecule has 0 N–H and O–H groups in total. The molecule has 0 aliphatic heterocycles. The van der Waals surface area contributed by atoms with Crippen molar-refractivity contribution in [2.45, 2.75) is 0 Å². The Kier molecular flexibility index (Phi) is 6.59. The van der Waals surface area contributed by atoms with Gasteiger partial charge in [0.1, 0.15) is 0 Å². The molecule has 0 nitrogen and oxygen atoms in total. The summed E-state index contributed by atoms with van der Waals surface area (Å²) in [5.41, 5.74) is 0. The SMILES string of the molecule is [CH2]CPSBr. The summed E-state index contributed by atoms with van der Waals surface area (Å²) in [5.74, 6) is 0. The van der Waals surface area contributed by atoms with Crippen LogP contribution in [0.5, 0.6) is 0 Å². The lowest BCUT2D eigenvalue weighted by Gasteiger charge is -1.77. The Bertz CT molecular complexity index is 17.1. The Labute approximate surface area is 45.8 Å². The third-order valence-electron chi connectivity index (χ3n) is 0.157. The predicted molar refractivity (Wildman–Crippen MR) is 35.1 cm³/mol. The maximum atomic E-state index is 3.64. The van der Waals surface area contributed by atoms with E-state index in [-0.39, 0.29) is 0 Å². The fourth-order valence-electron chi connectivity index (χ4n) is 0.0386. The normalized spacial score (nSPS) is 10.8. The molecule has 5 heavy (non-hydrogen) atoms. The van der Waals surface area contributed by atoms with Crippen LogP contribution in [0, 0.1) is 6.92 Å². The van der Waals surface area contributed by atoms with Crippen LogP contribution in [0.2, 0.25) is 0 Å². The molecular weight excluding hydrogens is 167 g/mol. The van der Waals surface area contributed by atoms with Crippen molar-refractivity contribution >= 4 is 32.4 Å². The van der Waals surface area contributed by atoms with Gasteiger partial charge in [-0.1, -0.05) is 9.82 Å². The molecule has 0 saturated heterocycles. The third-order valence-corrected chi connectivity index (χ3v) is 3.47. The van der Waals surface area contributed by atoms with E-state index < -0.39 is 0 Å². The highest BCUT2D eigenvalue weighted by molar-refractivity contribution is 9.56. The number of halogens is 1. The van der Waals surface area contributed by atoms with E-state index >= 15 is 0 Å². The van der Waals surface area contributed by atoms with E-state index in [0.717, 1.165) is 13.9 Å². The molecule has 0 fully saturated rings. The van der Waals surface area contributed by atoms with Crippen molar-refractivity contribution in [1.82, 2.24) is 0 Å². The van der Waals surface area contributed by atoms with E-state index in [4.69, 9.17) is 0 Å². The van der Waals surface area contributed by atoms with Gasteiger partial charge in [-0.3, -0.25) is 0 Å². The molecule has 0 amide bonds. The summed E-state index contributed by atoms with van der Waals surface area (Å²) in [6.07, 6.45) is 1.04. The smallest absolute Gasteiger partial charge is 0.00652 e. The van der Waals surface area contributed by atoms with Gasteiger partial charge < -0.3 is 0 Å². The highest BCUT2D eigenvalue weighted by atomic mass is 79.9. The quantitative estimate of drug-likeness (QED) is 0.576. The molecule has 0 aromatic carbocycles. The highest BCUT2D eigenvalue weighted by Crippen LogP contribution is 2.33. The number of hydrogen-bond acceptors (Lipinski definition) is 1. The van der Waals surface area contributed by atoms with Gasteiger partial charge in [0.05, 0.1) is 0 Å². The molecule has 0 aliphatic carbocycles. The summed E-state index contributed by atoms with van der Waals surface area (Å²) >= 11 is 3.20. The maximum absolute atomic E-state index is 3.64. The highest BCUT2D eigenvalue weighted by Gasteiger charge is 1.69. The Balaban J connectivity index is 2.19. The van der Waals surface area contributed by atoms with E-state index in [1.807, 2.05) is 0 Å². The zero-order valence-corrected chi connectivity index (χ0v) is 6.10. The van der Waals surface area contributed by atoms with Crippen LogP contribution in [0.4, 0.5) is 0 Å². The van der Waals surface area contributed by atoms with Gasteiger partial charge in [-0.25, -0.2) is 0 Å². The fourth-order valence-corrected chi connectivity index (χ4v) is 1.80. The lowest BCUT2D eigenvalue weighted by Crippen LogP contribution is -1.44. The zero-order valence-electron chi connectivity index (χ0n) is 2.70. The standard InChI is InChI=1S/C2H5BrPS/c1-2-4-5-3/h4H,1-2H2. The van der Waals surface area contributed by atoms with Gasteiger partial charge in [0.2, 0.25) is 0 Å². The summed E-state index contributed by atoms with van der Waals surface area (Å²) < 4.78 is 0. The van der Waals surface area contributed by atoms with E-state index in [1.165, 1.54) is 0 Å².